The molecular formula is C27H30N2O6. The Kier molecular flexibility index (Phi) is 6.47. The van der Waals surface area contributed by atoms with Crippen LogP contribution in [0.3, 0.4) is 0 Å². The van der Waals surface area contributed by atoms with Crippen LogP contribution in [0.5, 0.6) is 0 Å². The molecule has 0 radical (unpaired) electrons. The third kappa shape index (κ3) is 4.38. The molecule has 5 unspecified atom stereocenters. The van der Waals surface area contributed by atoms with Crippen LogP contribution in [-0.4, -0.2) is 55.5 Å². The lowest BCUT2D eigenvalue weighted by atomic mass is 9.84. The van der Waals surface area contributed by atoms with Gasteiger partial charge in [-0.2, -0.15) is 0 Å². The Morgan fingerprint density at radius 1 is 1.00 bits per heavy atom. The van der Waals surface area contributed by atoms with E-state index in [1.54, 1.807) is 0 Å². The Balaban J connectivity index is 1.22. The van der Waals surface area contributed by atoms with Gasteiger partial charge in [0.2, 0.25) is 5.91 Å². The summed E-state index contributed by atoms with van der Waals surface area (Å²) in [5.41, 5.74) is 4.47. The number of carbonyl (C=O) groups is 3. The van der Waals surface area contributed by atoms with E-state index < -0.39 is 36.0 Å². The van der Waals surface area contributed by atoms with E-state index in [0.29, 0.717) is 0 Å². The van der Waals surface area contributed by atoms with Gasteiger partial charge in [-0.1, -0.05) is 48.5 Å². The van der Waals surface area contributed by atoms with Crippen LogP contribution < -0.4 is 10.6 Å². The van der Waals surface area contributed by atoms with Crippen molar-refractivity contribution in [3.05, 3.63) is 59.7 Å². The predicted octanol–water partition coefficient (Wildman–Crippen LogP) is 3.16. The van der Waals surface area contributed by atoms with Crippen LogP contribution in [0.25, 0.3) is 11.1 Å². The molecule has 0 aliphatic heterocycles. The zero-order valence-corrected chi connectivity index (χ0v) is 19.6. The quantitative estimate of drug-likeness (QED) is 0.537. The minimum atomic E-state index is -0.982. The number of ether oxygens (including phenoxy) is 2. The van der Waals surface area contributed by atoms with Gasteiger partial charge in [0, 0.05) is 19.1 Å². The monoisotopic (exact) mass is 478 g/mol. The molecule has 0 aromatic heterocycles. The zero-order chi connectivity index (χ0) is 24.5. The smallest absolute Gasteiger partial charge is 0.407 e. The average Bonchev–Trinajstić information content (AvgIpc) is 3.54. The van der Waals surface area contributed by atoms with Gasteiger partial charge in [0.15, 0.2) is 0 Å². The van der Waals surface area contributed by atoms with Gasteiger partial charge in [-0.3, -0.25) is 9.59 Å². The number of hydrogen-bond donors (Lipinski definition) is 3. The third-order valence-corrected chi connectivity index (χ3v) is 7.80. The molecule has 0 saturated heterocycles. The Hall–Kier alpha value is -3.39. The number of fused-ring (bicyclic) bond motifs is 5. The topological polar surface area (TPSA) is 114 Å². The molecule has 2 fully saturated rings. The highest BCUT2D eigenvalue weighted by Crippen LogP contribution is 2.48. The Labute approximate surface area is 204 Å². The first-order chi connectivity index (χ1) is 17.0. The summed E-state index contributed by atoms with van der Waals surface area (Å²) in [5, 5.41) is 15.1. The number of carboxylic acids is 1. The summed E-state index contributed by atoms with van der Waals surface area (Å²) in [6.07, 6.45) is 1.89. The van der Waals surface area contributed by atoms with E-state index in [2.05, 4.69) is 22.8 Å². The molecule has 2 saturated carbocycles. The lowest BCUT2D eigenvalue weighted by Crippen LogP contribution is -2.55. The maximum Gasteiger partial charge on any atom is 0.407 e. The first kappa shape index (κ1) is 23.4. The second-order valence-corrected chi connectivity index (χ2v) is 9.71. The summed E-state index contributed by atoms with van der Waals surface area (Å²) >= 11 is 0. The Bertz CT molecular complexity index is 1090. The molecule has 8 heteroatoms. The van der Waals surface area contributed by atoms with Crippen LogP contribution in [0, 0.1) is 17.8 Å². The molecule has 2 amide bonds. The highest BCUT2D eigenvalue weighted by Gasteiger charge is 2.52. The molecule has 2 aromatic rings. The van der Waals surface area contributed by atoms with Crippen molar-refractivity contribution in [2.24, 2.45) is 17.8 Å². The van der Waals surface area contributed by atoms with Gasteiger partial charge in [-0.25, -0.2) is 4.79 Å². The summed E-state index contributed by atoms with van der Waals surface area (Å²) in [4.78, 5) is 37.5. The summed E-state index contributed by atoms with van der Waals surface area (Å²) in [6, 6.07) is 14.7. The fraction of sp³-hybridized carbons (Fsp3) is 0.444. The van der Waals surface area contributed by atoms with E-state index in [4.69, 9.17) is 9.47 Å². The average molecular weight is 479 g/mol. The zero-order valence-electron chi connectivity index (χ0n) is 19.6. The molecule has 2 bridgehead atoms. The van der Waals surface area contributed by atoms with E-state index in [-0.39, 0.29) is 31.0 Å². The van der Waals surface area contributed by atoms with Crippen molar-refractivity contribution in [2.75, 3.05) is 20.3 Å². The number of benzene rings is 2. The predicted molar refractivity (Wildman–Crippen MR) is 128 cm³/mol. The Morgan fingerprint density at radius 3 is 2.26 bits per heavy atom. The lowest BCUT2D eigenvalue weighted by Gasteiger charge is -2.30. The standard InChI is InChI=1S/C27H30N2O6/c1-34-14-22(25(30)29-24-16-11-10-15(12-16)23(24)26(31)32)28-27(33)35-13-21-19-8-4-2-6-17(19)18-7-3-5-9-20(18)21/h2-9,15-16,21-24H,10-14H2,1H3,(H,28,33)(H,29,30)(H,31,32). The molecule has 3 aliphatic carbocycles. The van der Waals surface area contributed by atoms with E-state index in [0.717, 1.165) is 41.5 Å². The van der Waals surface area contributed by atoms with Crippen molar-refractivity contribution in [1.29, 1.82) is 0 Å². The summed E-state index contributed by atoms with van der Waals surface area (Å²) in [7, 11) is 1.44. The van der Waals surface area contributed by atoms with E-state index in [1.165, 1.54) is 7.11 Å². The van der Waals surface area contributed by atoms with Crippen LogP contribution >= 0.6 is 0 Å². The maximum absolute atomic E-state index is 13.0. The van der Waals surface area contributed by atoms with E-state index in [1.807, 2.05) is 36.4 Å². The summed E-state index contributed by atoms with van der Waals surface area (Å²) in [6.45, 7) is 0.0865. The fourth-order valence-corrected chi connectivity index (χ4v) is 6.25. The van der Waals surface area contributed by atoms with Gasteiger partial charge in [0.25, 0.3) is 0 Å². The van der Waals surface area contributed by atoms with Gasteiger partial charge in [-0.15, -0.1) is 0 Å². The number of methoxy groups -OCH3 is 1. The SMILES string of the molecule is COCC(NC(=O)OCC1c2ccccc2-c2ccccc21)C(=O)NC1C2CCC(C2)C1C(=O)O. The molecular weight excluding hydrogens is 448 g/mol. The molecule has 0 heterocycles. The second kappa shape index (κ2) is 9.70. The molecule has 5 rings (SSSR count). The van der Waals surface area contributed by atoms with Crippen LogP contribution in [0.15, 0.2) is 48.5 Å². The number of hydrogen-bond acceptors (Lipinski definition) is 5. The number of aliphatic carboxylic acids is 1. The highest BCUT2D eigenvalue weighted by molar-refractivity contribution is 5.87. The van der Waals surface area contributed by atoms with Gasteiger partial charge >= 0.3 is 12.1 Å². The summed E-state index contributed by atoms with van der Waals surface area (Å²) < 4.78 is 10.7. The van der Waals surface area contributed by atoms with Crippen molar-refractivity contribution >= 4 is 18.0 Å². The molecule has 35 heavy (non-hydrogen) atoms. The maximum atomic E-state index is 13.0. The molecule has 8 nitrogen and oxygen atoms in total. The second-order valence-electron chi connectivity index (χ2n) is 9.71. The first-order valence-electron chi connectivity index (χ1n) is 12.1. The number of carbonyl (C=O) groups excluding carboxylic acids is 2. The van der Waals surface area contributed by atoms with Crippen molar-refractivity contribution in [1.82, 2.24) is 10.6 Å². The van der Waals surface area contributed by atoms with Gasteiger partial charge in [0.1, 0.15) is 12.6 Å². The molecule has 184 valence electrons. The third-order valence-electron chi connectivity index (χ3n) is 7.80. The normalized spacial score (nSPS) is 24.9. The van der Waals surface area contributed by atoms with Crippen molar-refractivity contribution in [3.8, 4) is 11.1 Å². The molecule has 3 N–H and O–H groups in total. The lowest BCUT2D eigenvalue weighted by molar-refractivity contribution is -0.144. The fourth-order valence-electron chi connectivity index (χ4n) is 6.25. The number of amides is 2. The van der Waals surface area contributed by atoms with Crippen LogP contribution in [0.1, 0.15) is 36.3 Å². The summed E-state index contributed by atoms with van der Waals surface area (Å²) in [5.74, 6) is -1.76. The number of carboxylic acid groups (broad SMARTS) is 1. The number of alkyl carbamates (subject to hydrolysis) is 1. The molecule has 0 spiro atoms. The van der Waals surface area contributed by atoms with E-state index in [9.17, 15) is 19.5 Å². The van der Waals surface area contributed by atoms with Crippen molar-refractivity contribution < 1.29 is 29.0 Å². The number of rotatable bonds is 8. The highest BCUT2D eigenvalue weighted by atomic mass is 16.5. The minimum Gasteiger partial charge on any atom is -0.481 e. The Morgan fingerprint density at radius 2 is 1.63 bits per heavy atom. The molecule has 3 aliphatic rings. The van der Waals surface area contributed by atoms with Crippen LogP contribution in [0.2, 0.25) is 0 Å². The van der Waals surface area contributed by atoms with Gasteiger partial charge in [-0.05, 0) is 53.4 Å². The van der Waals surface area contributed by atoms with E-state index >= 15 is 0 Å². The van der Waals surface area contributed by atoms with Crippen molar-refractivity contribution in [2.45, 2.75) is 37.3 Å². The largest absolute Gasteiger partial charge is 0.481 e. The first-order valence-corrected chi connectivity index (χ1v) is 12.1. The number of nitrogens with one attached hydrogen (secondary N) is 2. The minimum absolute atomic E-state index is 0.0470. The van der Waals surface area contributed by atoms with Gasteiger partial charge in [0.05, 0.1) is 12.5 Å². The van der Waals surface area contributed by atoms with Crippen LogP contribution in [0.4, 0.5) is 4.79 Å². The molecule has 5 atom stereocenters. The van der Waals surface area contributed by atoms with Crippen molar-refractivity contribution in [3.63, 3.8) is 0 Å². The molecule has 2 aromatic carbocycles. The van der Waals surface area contributed by atoms with Gasteiger partial charge < -0.3 is 25.2 Å². The van der Waals surface area contributed by atoms with Crippen LogP contribution in [-0.2, 0) is 19.1 Å².